The van der Waals surface area contributed by atoms with Gasteiger partial charge in [0.15, 0.2) is 0 Å². The van der Waals surface area contributed by atoms with Crippen LogP contribution in [0.2, 0.25) is 0 Å². The van der Waals surface area contributed by atoms with E-state index in [4.69, 9.17) is 4.98 Å². The minimum Gasteiger partial charge on any atom is -0.309 e. The first-order valence-corrected chi connectivity index (χ1v) is 16.2. The number of rotatable bonds is 4. The lowest BCUT2D eigenvalue weighted by Crippen LogP contribution is -1.95. The lowest BCUT2D eigenvalue weighted by atomic mass is 10.1. The van der Waals surface area contributed by atoms with Gasteiger partial charge in [0.25, 0.3) is 0 Å². The third-order valence-corrected chi connectivity index (χ3v) is 9.57. The van der Waals surface area contributed by atoms with Gasteiger partial charge in [-0.1, -0.05) is 103 Å². The van der Waals surface area contributed by atoms with Gasteiger partial charge in [0, 0.05) is 38.5 Å². The van der Waals surface area contributed by atoms with E-state index in [1.54, 1.807) is 0 Å². The number of nitrogens with zero attached hydrogens (tertiary/aromatic N) is 4. The molecule has 0 aliphatic carbocycles. The summed E-state index contributed by atoms with van der Waals surface area (Å²) < 4.78 is 4.80. The summed E-state index contributed by atoms with van der Waals surface area (Å²) in [6.07, 6.45) is 1.86. The average molecular weight is 613 g/mol. The molecule has 0 saturated heterocycles. The van der Waals surface area contributed by atoms with Crippen molar-refractivity contribution in [2.24, 2.45) is 0 Å². The zero-order valence-electron chi connectivity index (χ0n) is 26.0. The predicted molar refractivity (Wildman–Crippen MR) is 199 cm³/mol. The molecule has 4 nitrogen and oxygen atoms in total. The van der Waals surface area contributed by atoms with E-state index in [0.29, 0.717) is 0 Å². The standard InChI is InChI=1S/C44H28N4/c1-2-10-29(11-3-1)30-18-22-32(23-19-30)47-41-16-8-4-12-34(41)36-27-44-37(26-43(36)47)35-13-5-9-17-42(35)48(44)33-24-20-31(21-25-33)40-28-45-38-14-6-7-15-39(38)46-40/h1-28H. The van der Waals surface area contributed by atoms with Gasteiger partial charge < -0.3 is 9.13 Å². The molecule has 0 spiro atoms. The molecule has 7 aromatic carbocycles. The van der Waals surface area contributed by atoms with Gasteiger partial charge >= 0.3 is 0 Å². The van der Waals surface area contributed by atoms with Crippen LogP contribution in [-0.4, -0.2) is 19.1 Å². The molecule has 10 rings (SSSR count). The number of fused-ring (bicyclic) bond motifs is 7. The zero-order chi connectivity index (χ0) is 31.6. The maximum Gasteiger partial charge on any atom is 0.0894 e. The van der Waals surface area contributed by atoms with Crippen molar-refractivity contribution in [2.45, 2.75) is 0 Å². The van der Waals surface area contributed by atoms with E-state index in [-0.39, 0.29) is 0 Å². The van der Waals surface area contributed by atoms with E-state index >= 15 is 0 Å². The Hall–Kier alpha value is -6.52. The van der Waals surface area contributed by atoms with Crippen molar-refractivity contribution in [3.8, 4) is 33.8 Å². The van der Waals surface area contributed by atoms with E-state index in [1.807, 2.05) is 30.5 Å². The van der Waals surface area contributed by atoms with Crippen LogP contribution in [-0.2, 0) is 0 Å². The Labute approximate surface area is 276 Å². The minimum atomic E-state index is 0.869. The van der Waals surface area contributed by atoms with Gasteiger partial charge in [0.05, 0.1) is 45.0 Å². The SMILES string of the molecule is c1ccc(-c2ccc(-n3c4ccccc4c4cc5c(cc43)c3ccccc3n5-c3ccc(-c4cnc5ccccc5n4)cc3)cc2)cc1. The molecule has 0 atom stereocenters. The van der Waals surface area contributed by atoms with Gasteiger partial charge in [0.1, 0.15) is 0 Å². The van der Waals surface area contributed by atoms with Crippen LogP contribution in [0.4, 0.5) is 0 Å². The van der Waals surface area contributed by atoms with Crippen LogP contribution in [0.15, 0.2) is 170 Å². The fourth-order valence-electron chi connectivity index (χ4n) is 7.30. The molecule has 0 amide bonds. The van der Waals surface area contributed by atoms with Crippen molar-refractivity contribution in [3.63, 3.8) is 0 Å². The highest BCUT2D eigenvalue weighted by atomic mass is 15.0. The van der Waals surface area contributed by atoms with Gasteiger partial charge in [-0.3, -0.25) is 4.98 Å². The van der Waals surface area contributed by atoms with Gasteiger partial charge in [-0.15, -0.1) is 0 Å². The number of aromatic nitrogens is 4. The molecular formula is C44H28N4. The molecule has 10 aromatic rings. The summed E-state index contributed by atoms with van der Waals surface area (Å²) in [5.74, 6) is 0. The summed E-state index contributed by atoms with van der Waals surface area (Å²) in [5, 5.41) is 4.93. The average Bonchev–Trinajstić information content (AvgIpc) is 3.66. The molecule has 0 N–H and O–H groups in total. The van der Waals surface area contributed by atoms with Crippen molar-refractivity contribution in [1.82, 2.24) is 19.1 Å². The Kier molecular flexibility index (Phi) is 5.84. The van der Waals surface area contributed by atoms with Crippen LogP contribution in [0.5, 0.6) is 0 Å². The zero-order valence-corrected chi connectivity index (χ0v) is 26.0. The monoisotopic (exact) mass is 612 g/mol. The highest BCUT2D eigenvalue weighted by molar-refractivity contribution is 6.19. The molecule has 224 valence electrons. The second-order valence-corrected chi connectivity index (χ2v) is 12.3. The van der Waals surface area contributed by atoms with Crippen LogP contribution >= 0.6 is 0 Å². The van der Waals surface area contributed by atoms with E-state index in [2.05, 4.69) is 154 Å². The smallest absolute Gasteiger partial charge is 0.0894 e. The molecular weight excluding hydrogens is 585 g/mol. The quantitative estimate of drug-likeness (QED) is 0.198. The Bertz CT molecular complexity index is 2810. The van der Waals surface area contributed by atoms with Gasteiger partial charge in [-0.2, -0.15) is 0 Å². The molecule has 0 aliphatic heterocycles. The summed E-state index contributed by atoms with van der Waals surface area (Å²) in [6, 6.07) is 58.4. The molecule has 0 unspecified atom stereocenters. The first-order valence-electron chi connectivity index (χ1n) is 16.2. The molecule has 4 heteroatoms. The van der Waals surface area contributed by atoms with Crippen LogP contribution in [0, 0.1) is 0 Å². The van der Waals surface area contributed by atoms with Crippen LogP contribution in [0.25, 0.3) is 88.4 Å². The highest BCUT2D eigenvalue weighted by Gasteiger charge is 2.18. The van der Waals surface area contributed by atoms with Gasteiger partial charge in [-0.05, 0) is 71.8 Å². The maximum atomic E-state index is 4.88. The largest absolute Gasteiger partial charge is 0.309 e. The minimum absolute atomic E-state index is 0.869. The second-order valence-electron chi connectivity index (χ2n) is 12.3. The summed E-state index contributed by atoms with van der Waals surface area (Å²) in [4.78, 5) is 9.51. The van der Waals surface area contributed by atoms with E-state index < -0.39 is 0 Å². The highest BCUT2D eigenvalue weighted by Crippen LogP contribution is 2.40. The van der Waals surface area contributed by atoms with E-state index in [0.717, 1.165) is 33.7 Å². The topological polar surface area (TPSA) is 35.6 Å². The lowest BCUT2D eigenvalue weighted by Gasteiger charge is -2.11. The van der Waals surface area contributed by atoms with E-state index in [9.17, 15) is 0 Å². The predicted octanol–water partition coefficient (Wildman–Crippen LogP) is 11.2. The summed E-state index contributed by atoms with van der Waals surface area (Å²) in [6.45, 7) is 0. The number of para-hydroxylation sites is 4. The Morgan fingerprint density at radius 2 is 0.833 bits per heavy atom. The van der Waals surface area contributed by atoms with Crippen molar-refractivity contribution < 1.29 is 0 Å². The van der Waals surface area contributed by atoms with Crippen molar-refractivity contribution in [3.05, 3.63) is 170 Å². The van der Waals surface area contributed by atoms with E-state index in [1.165, 1.54) is 54.7 Å². The lowest BCUT2D eigenvalue weighted by molar-refractivity contribution is 1.17. The summed E-state index contributed by atoms with van der Waals surface area (Å²) in [7, 11) is 0. The molecule has 3 aromatic heterocycles. The Balaban J connectivity index is 1.16. The van der Waals surface area contributed by atoms with Crippen LogP contribution in [0.1, 0.15) is 0 Å². The fourth-order valence-corrected chi connectivity index (χ4v) is 7.30. The molecule has 0 saturated carbocycles. The molecule has 0 radical (unpaired) electrons. The molecule has 3 heterocycles. The van der Waals surface area contributed by atoms with Gasteiger partial charge in [-0.25, -0.2) is 4.98 Å². The van der Waals surface area contributed by atoms with Crippen LogP contribution in [0.3, 0.4) is 0 Å². The normalized spacial score (nSPS) is 11.8. The third-order valence-electron chi connectivity index (χ3n) is 9.57. The maximum absolute atomic E-state index is 4.88. The first-order chi connectivity index (χ1) is 23.8. The Morgan fingerprint density at radius 3 is 1.44 bits per heavy atom. The molecule has 0 aliphatic rings. The molecule has 0 bridgehead atoms. The molecule has 0 fully saturated rings. The second kappa shape index (κ2) is 10.5. The van der Waals surface area contributed by atoms with Crippen molar-refractivity contribution in [1.29, 1.82) is 0 Å². The number of benzene rings is 7. The van der Waals surface area contributed by atoms with Crippen molar-refractivity contribution >= 4 is 54.6 Å². The first kappa shape index (κ1) is 26.7. The van der Waals surface area contributed by atoms with Gasteiger partial charge in [0.2, 0.25) is 0 Å². The molecule has 48 heavy (non-hydrogen) atoms. The number of hydrogen-bond acceptors (Lipinski definition) is 2. The van der Waals surface area contributed by atoms with Crippen LogP contribution < -0.4 is 0 Å². The Morgan fingerprint density at radius 1 is 0.354 bits per heavy atom. The van der Waals surface area contributed by atoms with Crippen molar-refractivity contribution in [2.75, 3.05) is 0 Å². The fraction of sp³-hybridized carbons (Fsp3) is 0. The number of hydrogen-bond donors (Lipinski definition) is 0. The summed E-state index contributed by atoms with van der Waals surface area (Å²) in [5.41, 5.74) is 13.2. The summed E-state index contributed by atoms with van der Waals surface area (Å²) >= 11 is 0. The third kappa shape index (κ3) is 4.10.